The topological polar surface area (TPSA) is 15.3 Å². The van der Waals surface area contributed by atoms with Crippen LogP contribution in [0.3, 0.4) is 0 Å². The maximum absolute atomic E-state index is 13.3. The molecule has 1 aliphatic rings. The minimum atomic E-state index is -0.494. The number of rotatable bonds is 5. The lowest BCUT2D eigenvalue weighted by Crippen LogP contribution is -2.56. The summed E-state index contributed by atoms with van der Waals surface area (Å²) in [5.41, 5.74) is 0.719. The number of piperazine rings is 1. The van der Waals surface area contributed by atoms with Crippen LogP contribution in [-0.4, -0.2) is 30.1 Å². The Morgan fingerprint density at radius 2 is 1.90 bits per heavy atom. The van der Waals surface area contributed by atoms with E-state index in [-0.39, 0.29) is 0 Å². The van der Waals surface area contributed by atoms with Crippen LogP contribution in [0.25, 0.3) is 0 Å². The van der Waals surface area contributed by atoms with Gasteiger partial charge in [-0.05, 0) is 36.5 Å². The van der Waals surface area contributed by atoms with Crippen molar-refractivity contribution in [3.05, 3.63) is 35.4 Å². The first kappa shape index (κ1) is 16.4. The van der Waals surface area contributed by atoms with Crippen molar-refractivity contribution in [1.29, 1.82) is 0 Å². The highest BCUT2D eigenvalue weighted by atomic mass is 19.1. The Balaban J connectivity index is 2.06. The number of halogens is 2. The van der Waals surface area contributed by atoms with E-state index in [2.05, 4.69) is 31.0 Å². The molecule has 1 heterocycles. The van der Waals surface area contributed by atoms with Crippen molar-refractivity contribution >= 4 is 0 Å². The van der Waals surface area contributed by atoms with Crippen LogP contribution in [0.5, 0.6) is 0 Å². The molecule has 0 radical (unpaired) electrons. The molecular formula is C17H26F2N2. The molecule has 0 saturated carbocycles. The normalized spacial score (nSPS) is 23.7. The first-order valence-corrected chi connectivity index (χ1v) is 7.90. The van der Waals surface area contributed by atoms with Crippen LogP contribution in [0.1, 0.15) is 39.2 Å². The predicted molar refractivity (Wildman–Crippen MR) is 82.1 cm³/mol. The van der Waals surface area contributed by atoms with Gasteiger partial charge in [-0.25, -0.2) is 8.78 Å². The van der Waals surface area contributed by atoms with Crippen molar-refractivity contribution in [2.45, 2.75) is 52.2 Å². The third-order valence-electron chi connectivity index (χ3n) is 4.15. The second-order valence-electron chi connectivity index (χ2n) is 6.50. The highest BCUT2D eigenvalue weighted by molar-refractivity contribution is 5.18. The monoisotopic (exact) mass is 296 g/mol. The number of hydrogen-bond acceptors (Lipinski definition) is 2. The van der Waals surface area contributed by atoms with Gasteiger partial charge in [0.05, 0.1) is 0 Å². The fourth-order valence-electron chi connectivity index (χ4n) is 3.19. The van der Waals surface area contributed by atoms with Gasteiger partial charge in [0.15, 0.2) is 0 Å². The predicted octanol–water partition coefficient (Wildman–Crippen LogP) is 3.56. The van der Waals surface area contributed by atoms with E-state index in [9.17, 15) is 8.78 Å². The Kier molecular flexibility index (Phi) is 5.71. The molecule has 2 nitrogen and oxygen atoms in total. The van der Waals surface area contributed by atoms with E-state index in [1.165, 1.54) is 12.1 Å². The van der Waals surface area contributed by atoms with Gasteiger partial charge >= 0.3 is 0 Å². The molecule has 0 amide bonds. The molecule has 118 valence electrons. The number of benzene rings is 1. The second kappa shape index (κ2) is 7.32. The number of hydrogen-bond donors (Lipinski definition) is 1. The van der Waals surface area contributed by atoms with Crippen molar-refractivity contribution in [2.24, 2.45) is 5.92 Å². The van der Waals surface area contributed by atoms with E-state index in [4.69, 9.17) is 0 Å². The fraction of sp³-hybridized carbons (Fsp3) is 0.647. The van der Waals surface area contributed by atoms with E-state index >= 15 is 0 Å². The van der Waals surface area contributed by atoms with Crippen molar-refractivity contribution in [2.75, 3.05) is 13.1 Å². The zero-order valence-electron chi connectivity index (χ0n) is 13.2. The second-order valence-corrected chi connectivity index (χ2v) is 6.50. The van der Waals surface area contributed by atoms with Gasteiger partial charge in [-0.1, -0.05) is 20.8 Å². The third-order valence-corrected chi connectivity index (χ3v) is 4.15. The van der Waals surface area contributed by atoms with E-state index in [1.54, 1.807) is 0 Å². The molecule has 0 spiro atoms. The molecule has 21 heavy (non-hydrogen) atoms. The highest BCUT2D eigenvalue weighted by Crippen LogP contribution is 2.19. The van der Waals surface area contributed by atoms with Crippen molar-refractivity contribution in [3.63, 3.8) is 0 Å². The van der Waals surface area contributed by atoms with Crippen LogP contribution in [0.2, 0.25) is 0 Å². The highest BCUT2D eigenvalue weighted by Gasteiger charge is 2.27. The SMILES string of the molecule is CCC1CNC(CC(C)C)CN1Cc1cc(F)cc(F)c1. The number of nitrogens with one attached hydrogen (secondary N) is 1. The lowest BCUT2D eigenvalue weighted by atomic mass is 9.98. The van der Waals surface area contributed by atoms with Gasteiger partial charge in [0.25, 0.3) is 0 Å². The minimum Gasteiger partial charge on any atom is -0.311 e. The van der Waals surface area contributed by atoms with Gasteiger partial charge in [0.2, 0.25) is 0 Å². The Hall–Kier alpha value is -1.00. The molecule has 2 rings (SSSR count). The van der Waals surface area contributed by atoms with Crippen LogP contribution in [-0.2, 0) is 6.54 Å². The molecule has 2 atom stereocenters. The van der Waals surface area contributed by atoms with Crippen LogP contribution in [0, 0.1) is 17.6 Å². The first-order valence-electron chi connectivity index (χ1n) is 7.90. The Morgan fingerprint density at radius 3 is 2.48 bits per heavy atom. The van der Waals surface area contributed by atoms with Crippen LogP contribution < -0.4 is 5.32 Å². The average Bonchev–Trinajstić information content (AvgIpc) is 2.37. The summed E-state index contributed by atoms with van der Waals surface area (Å²) in [6.45, 7) is 9.11. The third kappa shape index (κ3) is 4.75. The molecule has 1 N–H and O–H groups in total. The fourth-order valence-corrected chi connectivity index (χ4v) is 3.19. The Bertz CT molecular complexity index is 442. The first-order chi connectivity index (χ1) is 9.97. The van der Waals surface area contributed by atoms with Crippen LogP contribution >= 0.6 is 0 Å². The molecule has 1 fully saturated rings. The average molecular weight is 296 g/mol. The Morgan fingerprint density at radius 1 is 1.24 bits per heavy atom. The molecule has 1 aromatic rings. The number of nitrogens with zero attached hydrogens (tertiary/aromatic N) is 1. The molecule has 2 unspecified atom stereocenters. The standard InChI is InChI=1S/C17H26F2N2/c1-4-17-9-20-16(5-12(2)3)11-21(17)10-13-6-14(18)8-15(19)7-13/h6-8,12,16-17,20H,4-5,9-11H2,1-3H3. The van der Waals surface area contributed by atoms with Crippen molar-refractivity contribution in [3.8, 4) is 0 Å². The van der Waals surface area contributed by atoms with Gasteiger partial charge in [-0.15, -0.1) is 0 Å². The smallest absolute Gasteiger partial charge is 0.126 e. The summed E-state index contributed by atoms with van der Waals surface area (Å²) >= 11 is 0. The summed E-state index contributed by atoms with van der Waals surface area (Å²) in [6, 6.07) is 4.70. The molecule has 1 aliphatic heterocycles. The maximum atomic E-state index is 13.3. The van der Waals surface area contributed by atoms with Gasteiger partial charge in [-0.3, -0.25) is 4.90 Å². The summed E-state index contributed by atoms with van der Waals surface area (Å²) in [5.74, 6) is -0.340. The summed E-state index contributed by atoms with van der Waals surface area (Å²) in [4.78, 5) is 2.36. The van der Waals surface area contributed by atoms with Gasteiger partial charge in [-0.2, -0.15) is 0 Å². The van der Waals surface area contributed by atoms with E-state index in [0.717, 1.165) is 37.6 Å². The summed E-state index contributed by atoms with van der Waals surface area (Å²) in [7, 11) is 0. The molecule has 0 aromatic heterocycles. The van der Waals surface area contributed by atoms with Crippen LogP contribution in [0.15, 0.2) is 18.2 Å². The molecule has 0 bridgehead atoms. The van der Waals surface area contributed by atoms with Crippen molar-refractivity contribution < 1.29 is 8.78 Å². The zero-order chi connectivity index (χ0) is 15.4. The quantitative estimate of drug-likeness (QED) is 0.893. The Labute approximate surface area is 126 Å². The zero-order valence-corrected chi connectivity index (χ0v) is 13.2. The largest absolute Gasteiger partial charge is 0.311 e. The van der Waals surface area contributed by atoms with E-state index < -0.39 is 11.6 Å². The lowest BCUT2D eigenvalue weighted by molar-refractivity contribution is 0.111. The minimum absolute atomic E-state index is 0.430. The summed E-state index contributed by atoms with van der Waals surface area (Å²) in [5, 5.41) is 3.60. The summed E-state index contributed by atoms with van der Waals surface area (Å²) < 4.78 is 26.7. The molecular weight excluding hydrogens is 270 g/mol. The molecule has 1 aromatic carbocycles. The van der Waals surface area contributed by atoms with Gasteiger partial charge in [0.1, 0.15) is 11.6 Å². The van der Waals surface area contributed by atoms with Gasteiger partial charge < -0.3 is 5.32 Å². The molecule has 4 heteroatoms. The maximum Gasteiger partial charge on any atom is 0.126 e. The van der Waals surface area contributed by atoms with E-state index in [0.29, 0.717) is 24.5 Å². The molecule has 1 saturated heterocycles. The summed E-state index contributed by atoms with van der Waals surface area (Å²) in [6.07, 6.45) is 2.17. The molecule has 0 aliphatic carbocycles. The van der Waals surface area contributed by atoms with Gasteiger partial charge in [0, 0.05) is 37.8 Å². The lowest BCUT2D eigenvalue weighted by Gasteiger charge is -2.40. The van der Waals surface area contributed by atoms with Crippen molar-refractivity contribution in [1.82, 2.24) is 10.2 Å². The van der Waals surface area contributed by atoms with E-state index in [1.807, 2.05) is 0 Å². The van der Waals surface area contributed by atoms with Crippen LogP contribution in [0.4, 0.5) is 8.78 Å².